The Bertz CT molecular complexity index is 497. The van der Waals surface area contributed by atoms with Crippen LogP contribution < -0.4 is 4.74 Å². The van der Waals surface area contributed by atoms with Crippen LogP contribution in [0.15, 0.2) is 18.2 Å². The summed E-state index contributed by atoms with van der Waals surface area (Å²) in [6.45, 7) is 3.58. The molecule has 3 rings (SSSR count). The monoisotopic (exact) mass is 296 g/mol. The molecule has 0 aromatic heterocycles. The summed E-state index contributed by atoms with van der Waals surface area (Å²) in [4.78, 5) is 0. The highest BCUT2D eigenvalue weighted by atomic mass is 19.1. The fraction of sp³-hybridized carbons (Fsp3) is 0.625. The minimum atomic E-state index is -0.691. The standard InChI is InChI=1S/C16H21FO4/c1-11(18)14-3-2-12(17)8-15(14)21-13-4-6-20-16(9-13)5-7-19-10-16/h2-3,8,11,13,18H,4-7,9-10H2,1H3/t11-,13?,16?/m0/s1. The van der Waals surface area contributed by atoms with Gasteiger partial charge in [-0.1, -0.05) is 0 Å². The topological polar surface area (TPSA) is 47.9 Å². The average molecular weight is 296 g/mol. The van der Waals surface area contributed by atoms with Gasteiger partial charge in [0.25, 0.3) is 0 Å². The normalized spacial score (nSPS) is 30.5. The van der Waals surface area contributed by atoms with Gasteiger partial charge in [-0.3, -0.25) is 0 Å². The third kappa shape index (κ3) is 3.20. The van der Waals surface area contributed by atoms with Crippen LogP contribution in [-0.2, 0) is 9.47 Å². The summed E-state index contributed by atoms with van der Waals surface area (Å²) in [7, 11) is 0. The third-order valence-corrected chi connectivity index (χ3v) is 4.23. The molecule has 3 atom stereocenters. The Morgan fingerprint density at radius 3 is 3.00 bits per heavy atom. The van der Waals surface area contributed by atoms with E-state index in [1.165, 1.54) is 12.1 Å². The lowest BCUT2D eigenvalue weighted by Gasteiger charge is -2.37. The Balaban J connectivity index is 1.75. The Morgan fingerprint density at radius 2 is 2.29 bits per heavy atom. The molecule has 4 nitrogen and oxygen atoms in total. The molecule has 0 aliphatic carbocycles. The van der Waals surface area contributed by atoms with E-state index >= 15 is 0 Å². The summed E-state index contributed by atoms with van der Waals surface area (Å²) in [5.41, 5.74) is 0.362. The van der Waals surface area contributed by atoms with E-state index in [1.54, 1.807) is 13.0 Å². The van der Waals surface area contributed by atoms with Crippen LogP contribution in [0.5, 0.6) is 5.75 Å². The van der Waals surface area contributed by atoms with E-state index in [0.29, 0.717) is 31.1 Å². The lowest BCUT2D eigenvalue weighted by atomic mass is 9.91. The van der Waals surface area contributed by atoms with Crippen LogP contribution in [0.25, 0.3) is 0 Å². The Kier molecular flexibility index (Phi) is 4.15. The number of benzene rings is 1. The van der Waals surface area contributed by atoms with Gasteiger partial charge in [0, 0.05) is 37.5 Å². The van der Waals surface area contributed by atoms with Crippen LogP contribution in [-0.4, -0.2) is 36.6 Å². The molecule has 2 heterocycles. The van der Waals surface area contributed by atoms with Crippen molar-refractivity contribution in [3.63, 3.8) is 0 Å². The molecule has 1 N–H and O–H groups in total. The molecule has 0 radical (unpaired) electrons. The van der Waals surface area contributed by atoms with Gasteiger partial charge in [0.2, 0.25) is 0 Å². The van der Waals surface area contributed by atoms with Gasteiger partial charge in [-0.2, -0.15) is 0 Å². The molecule has 2 fully saturated rings. The van der Waals surface area contributed by atoms with Gasteiger partial charge >= 0.3 is 0 Å². The Hall–Kier alpha value is -1.17. The predicted octanol–water partition coefficient (Wildman–Crippen LogP) is 2.60. The Morgan fingerprint density at radius 1 is 1.43 bits per heavy atom. The predicted molar refractivity (Wildman–Crippen MR) is 74.8 cm³/mol. The van der Waals surface area contributed by atoms with Crippen molar-refractivity contribution >= 4 is 0 Å². The van der Waals surface area contributed by atoms with E-state index in [2.05, 4.69) is 0 Å². The number of rotatable bonds is 3. The van der Waals surface area contributed by atoms with Gasteiger partial charge < -0.3 is 19.3 Å². The van der Waals surface area contributed by atoms with Crippen LogP contribution in [0.1, 0.15) is 37.9 Å². The van der Waals surface area contributed by atoms with Gasteiger partial charge in [-0.15, -0.1) is 0 Å². The summed E-state index contributed by atoms with van der Waals surface area (Å²) in [6.07, 6.45) is 1.64. The van der Waals surface area contributed by atoms with Crippen molar-refractivity contribution in [3.8, 4) is 5.75 Å². The summed E-state index contributed by atoms with van der Waals surface area (Å²) in [5.74, 6) is 0.0614. The zero-order valence-corrected chi connectivity index (χ0v) is 12.2. The first-order valence-corrected chi connectivity index (χ1v) is 7.44. The molecule has 2 saturated heterocycles. The number of halogens is 1. The molecule has 0 bridgehead atoms. The number of aliphatic hydroxyl groups is 1. The molecule has 2 aliphatic rings. The van der Waals surface area contributed by atoms with Crippen LogP contribution in [0.4, 0.5) is 4.39 Å². The second-order valence-electron chi connectivity index (χ2n) is 5.92. The highest BCUT2D eigenvalue weighted by Gasteiger charge is 2.42. The largest absolute Gasteiger partial charge is 0.490 e. The van der Waals surface area contributed by atoms with Crippen molar-refractivity contribution in [2.24, 2.45) is 0 Å². The molecule has 21 heavy (non-hydrogen) atoms. The molecule has 116 valence electrons. The number of ether oxygens (including phenoxy) is 3. The summed E-state index contributed by atoms with van der Waals surface area (Å²) >= 11 is 0. The SMILES string of the molecule is C[C@H](O)c1ccc(F)cc1OC1CCOC2(CCOC2)C1. The molecule has 1 aromatic carbocycles. The van der Waals surface area contributed by atoms with Crippen molar-refractivity contribution < 1.29 is 23.7 Å². The molecule has 0 saturated carbocycles. The van der Waals surface area contributed by atoms with E-state index in [9.17, 15) is 9.50 Å². The summed E-state index contributed by atoms with van der Waals surface area (Å²) in [5, 5.41) is 9.78. The van der Waals surface area contributed by atoms with Crippen molar-refractivity contribution in [2.45, 2.75) is 44.0 Å². The van der Waals surface area contributed by atoms with E-state index < -0.39 is 6.10 Å². The molecule has 1 spiro atoms. The van der Waals surface area contributed by atoms with Crippen LogP contribution >= 0.6 is 0 Å². The maximum absolute atomic E-state index is 13.5. The van der Waals surface area contributed by atoms with E-state index in [4.69, 9.17) is 14.2 Å². The minimum absolute atomic E-state index is 0.0419. The van der Waals surface area contributed by atoms with Crippen molar-refractivity contribution in [1.82, 2.24) is 0 Å². The molecule has 5 heteroatoms. The van der Waals surface area contributed by atoms with Crippen LogP contribution in [0.2, 0.25) is 0 Å². The fourth-order valence-electron chi connectivity index (χ4n) is 3.08. The van der Waals surface area contributed by atoms with Crippen molar-refractivity contribution in [2.75, 3.05) is 19.8 Å². The van der Waals surface area contributed by atoms with E-state index in [1.807, 2.05) is 0 Å². The maximum atomic E-state index is 13.5. The van der Waals surface area contributed by atoms with Gasteiger partial charge in [-0.25, -0.2) is 4.39 Å². The van der Waals surface area contributed by atoms with Gasteiger partial charge in [0.1, 0.15) is 17.7 Å². The Labute approximate surface area is 123 Å². The highest BCUT2D eigenvalue weighted by molar-refractivity contribution is 5.35. The van der Waals surface area contributed by atoms with Crippen molar-refractivity contribution in [3.05, 3.63) is 29.6 Å². The first-order chi connectivity index (χ1) is 10.1. The van der Waals surface area contributed by atoms with Crippen LogP contribution in [0, 0.1) is 5.82 Å². The number of hydrogen-bond donors (Lipinski definition) is 1. The molecule has 2 aliphatic heterocycles. The molecule has 2 unspecified atom stereocenters. The smallest absolute Gasteiger partial charge is 0.128 e. The van der Waals surface area contributed by atoms with E-state index in [-0.39, 0.29) is 17.5 Å². The molecule has 1 aromatic rings. The van der Waals surface area contributed by atoms with Crippen molar-refractivity contribution in [1.29, 1.82) is 0 Å². The first-order valence-electron chi connectivity index (χ1n) is 7.44. The lowest BCUT2D eigenvalue weighted by Crippen LogP contribution is -2.44. The molecular weight excluding hydrogens is 275 g/mol. The average Bonchev–Trinajstić information content (AvgIpc) is 2.86. The maximum Gasteiger partial charge on any atom is 0.128 e. The molecule has 0 amide bonds. The fourth-order valence-corrected chi connectivity index (χ4v) is 3.08. The van der Waals surface area contributed by atoms with Gasteiger partial charge in [0.05, 0.1) is 24.9 Å². The van der Waals surface area contributed by atoms with Crippen LogP contribution in [0.3, 0.4) is 0 Å². The second kappa shape index (κ2) is 5.91. The highest BCUT2D eigenvalue weighted by Crippen LogP contribution is 2.36. The minimum Gasteiger partial charge on any atom is -0.490 e. The lowest BCUT2D eigenvalue weighted by molar-refractivity contribution is -0.112. The molecular formula is C16H21FO4. The summed E-state index contributed by atoms with van der Waals surface area (Å²) in [6, 6.07) is 4.25. The quantitative estimate of drug-likeness (QED) is 0.931. The third-order valence-electron chi connectivity index (χ3n) is 4.23. The zero-order chi connectivity index (χ0) is 14.9. The van der Waals surface area contributed by atoms with Gasteiger partial charge in [0.15, 0.2) is 0 Å². The summed E-state index contributed by atoms with van der Waals surface area (Å²) < 4.78 is 30.7. The number of aliphatic hydroxyl groups excluding tert-OH is 1. The number of hydrogen-bond acceptors (Lipinski definition) is 4. The first kappa shape index (κ1) is 14.8. The van der Waals surface area contributed by atoms with Gasteiger partial charge in [-0.05, 0) is 19.1 Å². The van der Waals surface area contributed by atoms with E-state index in [0.717, 1.165) is 19.3 Å². The zero-order valence-electron chi connectivity index (χ0n) is 12.2. The second-order valence-corrected chi connectivity index (χ2v) is 5.92.